The molecule has 4 aromatic rings. The maximum atomic E-state index is 9.19. The largest absolute Gasteiger partial charge is 0.478 e. The number of nitrogens with zero attached hydrogens (tertiary/aromatic N) is 1. The summed E-state index contributed by atoms with van der Waals surface area (Å²) in [5.41, 5.74) is 11.5. The maximum Gasteiger partial charge on any atom is 0.261 e. The Hall–Kier alpha value is -3.88. The molecule has 0 fully saturated rings. The summed E-state index contributed by atoms with van der Waals surface area (Å²) in [6.07, 6.45) is 0.636. The Morgan fingerprint density at radius 1 is 0.946 bits per heavy atom. The number of anilines is 1. The van der Waals surface area contributed by atoms with Crippen LogP contribution in [0.15, 0.2) is 89.9 Å². The van der Waals surface area contributed by atoms with Crippen molar-refractivity contribution in [2.75, 3.05) is 11.6 Å². The molecule has 1 atom stereocenters. The van der Waals surface area contributed by atoms with Gasteiger partial charge in [-0.1, -0.05) is 81.4 Å². The van der Waals surface area contributed by atoms with Crippen LogP contribution in [0.4, 0.5) is 11.4 Å². The van der Waals surface area contributed by atoms with Crippen LogP contribution in [0.2, 0.25) is 0 Å². The smallest absolute Gasteiger partial charge is 0.261 e. The Morgan fingerprint density at radius 2 is 1.59 bits per heavy atom. The number of aliphatic imine (C=N–C) groups is 1. The van der Waals surface area contributed by atoms with Crippen molar-refractivity contribution in [2.45, 2.75) is 32.3 Å². The number of benzene rings is 4. The standard InChI is InChI=1S/C28H27N3O.CH4O3S/c1-28(2,3)21-13-15-22(16-14-21)30-27(29)31-24-10-6-9-23-25(32-26(23)24)20-12-11-18-7-4-5-8-19(18)17-20;1-5(2,3)4/h4-17,25H,1-3H3,(H3,29,30,31);1H3,(H,2,3,4). The summed E-state index contributed by atoms with van der Waals surface area (Å²) in [7, 11) is -3.67. The molecule has 4 N–H and O–H groups in total. The molecule has 0 bridgehead atoms. The molecule has 4 aromatic carbocycles. The van der Waals surface area contributed by atoms with E-state index >= 15 is 0 Å². The fourth-order valence-electron chi connectivity index (χ4n) is 4.07. The normalized spacial score (nSPS) is 15.1. The monoisotopic (exact) mass is 517 g/mol. The number of nitrogens with one attached hydrogen (secondary N) is 1. The number of ether oxygens (including phenoxy) is 1. The third kappa shape index (κ3) is 6.67. The summed E-state index contributed by atoms with van der Waals surface area (Å²) in [4.78, 5) is 4.57. The van der Waals surface area contributed by atoms with Gasteiger partial charge in [0.2, 0.25) is 0 Å². The summed E-state index contributed by atoms with van der Waals surface area (Å²) < 4.78 is 32.0. The Kier molecular flexibility index (Phi) is 7.25. The van der Waals surface area contributed by atoms with Crippen LogP contribution in [0, 0.1) is 0 Å². The molecule has 1 aliphatic heterocycles. The molecule has 1 unspecified atom stereocenters. The van der Waals surface area contributed by atoms with E-state index in [0.29, 0.717) is 12.2 Å². The number of fused-ring (bicyclic) bond motifs is 2. The molecule has 0 saturated carbocycles. The average molecular weight is 518 g/mol. The molecule has 0 saturated heterocycles. The Morgan fingerprint density at radius 3 is 2.24 bits per heavy atom. The Bertz CT molecular complexity index is 1550. The number of rotatable bonds is 3. The molecule has 1 aliphatic rings. The highest BCUT2D eigenvalue weighted by atomic mass is 32.2. The molecule has 0 radical (unpaired) electrons. The molecule has 192 valence electrons. The van der Waals surface area contributed by atoms with Gasteiger partial charge in [-0.25, -0.2) is 4.99 Å². The van der Waals surface area contributed by atoms with Crippen molar-refractivity contribution in [2.24, 2.45) is 10.7 Å². The van der Waals surface area contributed by atoms with Gasteiger partial charge in [-0.3, -0.25) is 4.55 Å². The SMILES string of the molecule is CC(C)(C)c1ccc(NC(N)=Nc2cccc3c2OC3c2ccc3ccccc3c2)cc1.CS(=O)(=O)O. The third-order valence-corrected chi connectivity index (χ3v) is 5.88. The maximum absolute atomic E-state index is 9.19. The van der Waals surface area contributed by atoms with E-state index in [0.717, 1.165) is 28.3 Å². The highest BCUT2D eigenvalue weighted by molar-refractivity contribution is 7.85. The predicted molar refractivity (Wildman–Crippen MR) is 150 cm³/mol. The molecule has 0 amide bonds. The zero-order chi connectivity index (χ0) is 26.8. The van der Waals surface area contributed by atoms with Crippen LogP contribution in [-0.2, 0) is 15.5 Å². The van der Waals surface area contributed by atoms with Crippen LogP contribution < -0.4 is 15.8 Å². The summed E-state index contributed by atoms with van der Waals surface area (Å²) >= 11 is 0. The summed E-state index contributed by atoms with van der Waals surface area (Å²) in [6.45, 7) is 6.59. The minimum absolute atomic E-state index is 0.0797. The number of nitrogens with two attached hydrogens (primary N) is 1. The van der Waals surface area contributed by atoms with E-state index in [-0.39, 0.29) is 11.5 Å². The van der Waals surface area contributed by atoms with Gasteiger partial charge in [-0.05, 0) is 51.6 Å². The lowest BCUT2D eigenvalue weighted by atomic mass is 9.87. The van der Waals surface area contributed by atoms with E-state index < -0.39 is 10.1 Å². The molecule has 7 nitrogen and oxygen atoms in total. The number of para-hydroxylation sites is 1. The van der Waals surface area contributed by atoms with Gasteiger partial charge < -0.3 is 15.8 Å². The molecule has 0 aromatic heterocycles. The first-order valence-corrected chi connectivity index (χ1v) is 13.7. The zero-order valence-corrected chi connectivity index (χ0v) is 22.1. The van der Waals surface area contributed by atoms with Crippen molar-refractivity contribution in [3.8, 4) is 5.75 Å². The van der Waals surface area contributed by atoms with E-state index in [2.05, 4.69) is 91.7 Å². The van der Waals surface area contributed by atoms with Crippen LogP contribution in [0.25, 0.3) is 10.8 Å². The van der Waals surface area contributed by atoms with Crippen molar-refractivity contribution >= 4 is 38.2 Å². The van der Waals surface area contributed by atoms with Gasteiger partial charge in [0.25, 0.3) is 10.1 Å². The van der Waals surface area contributed by atoms with Gasteiger partial charge in [0.05, 0.1) is 6.26 Å². The first-order chi connectivity index (χ1) is 17.4. The van der Waals surface area contributed by atoms with E-state index in [4.69, 9.17) is 15.0 Å². The molecule has 1 heterocycles. The number of guanidine groups is 1. The van der Waals surface area contributed by atoms with Crippen molar-refractivity contribution in [1.82, 2.24) is 0 Å². The second kappa shape index (κ2) is 10.2. The molecular weight excluding hydrogens is 486 g/mol. The van der Waals surface area contributed by atoms with Gasteiger partial charge >= 0.3 is 0 Å². The lowest BCUT2D eigenvalue weighted by Crippen LogP contribution is -2.23. The topological polar surface area (TPSA) is 114 Å². The van der Waals surface area contributed by atoms with Gasteiger partial charge in [-0.15, -0.1) is 0 Å². The lowest BCUT2D eigenvalue weighted by molar-refractivity contribution is 0.187. The first-order valence-electron chi connectivity index (χ1n) is 11.8. The highest BCUT2D eigenvalue weighted by Crippen LogP contribution is 2.49. The van der Waals surface area contributed by atoms with Crippen LogP contribution >= 0.6 is 0 Å². The van der Waals surface area contributed by atoms with Gasteiger partial charge in [0.15, 0.2) is 17.8 Å². The summed E-state index contributed by atoms with van der Waals surface area (Å²) in [5, 5.41) is 5.61. The van der Waals surface area contributed by atoms with Gasteiger partial charge in [-0.2, -0.15) is 8.42 Å². The minimum atomic E-state index is -3.67. The van der Waals surface area contributed by atoms with E-state index in [1.807, 2.05) is 24.3 Å². The van der Waals surface area contributed by atoms with Crippen molar-refractivity contribution in [3.05, 3.63) is 102 Å². The van der Waals surface area contributed by atoms with E-state index in [1.54, 1.807) is 0 Å². The van der Waals surface area contributed by atoms with Crippen molar-refractivity contribution in [1.29, 1.82) is 0 Å². The van der Waals surface area contributed by atoms with Crippen molar-refractivity contribution in [3.63, 3.8) is 0 Å². The summed E-state index contributed by atoms with van der Waals surface area (Å²) in [5.74, 6) is 1.12. The number of hydrogen-bond donors (Lipinski definition) is 3. The second-order valence-electron chi connectivity index (χ2n) is 9.98. The molecule has 0 spiro atoms. The Labute approximate surface area is 217 Å². The molecule has 0 aliphatic carbocycles. The molecule has 5 rings (SSSR count). The minimum Gasteiger partial charge on any atom is -0.478 e. The van der Waals surface area contributed by atoms with Crippen molar-refractivity contribution < 1.29 is 17.7 Å². The second-order valence-corrected chi connectivity index (χ2v) is 11.4. The highest BCUT2D eigenvalue weighted by Gasteiger charge is 2.32. The lowest BCUT2D eigenvalue weighted by Gasteiger charge is -2.32. The van der Waals surface area contributed by atoms with Crippen LogP contribution in [0.3, 0.4) is 0 Å². The zero-order valence-electron chi connectivity index (χ0n) is 21.3. The summed E-state index contributed by atoms with van der Waals surface area (Å²) in [6, 6.07) is 29.1. The van der Waals surface area contributed by atoms with Crippen LogP contribution in [0.1, 0.15) is 43.6 Å². The third-order valence-electron chi connectivity index (χ3n) is 5.88. The molecular formula is C29H31N3O4S. The van der Waals surface area contributed by atoms with Gasteiger partial charge in [0.1, 0.15) is 5.69 Å². The fourth-order valence-corrected chi connectivity index (χ4v) is 4.07. The molecule has 8 heteroatoms. The quantitative estimate of drug-likeness (QED) is 0.170. The van der Waals surface area contributed by atoms with Crippen LogP contribution in [-0.4, -0.2) is 25.2 Å². The molecule has 37 heavy (non-hydrogen) atoms. The van der Waals surface area contributed by atoms with Gasteiger partial charge in [0, 0.05) is 11.3 Å². The average Bonchev–Trinajstić information content (AvgIpc) is 2.79. The number of hydrogen-bond acceptors (Lipinski definition) is 4. The van der Waals surface area contributed by atoms with E-state index in [1.165, 1.54) is 16.3 Å². The first kappa shape index (κ1) is 26.2. The predicted octanol–water partition coefficient (Wildman–Crippen LogP) is 6.18. The van der Waals surface area contributed by atoms with E-state index in [9.17, 15) is 8.42 Å². The fraction of sp³-hybridized carbons (Fsp3) is 0.207. The Balaban J connectivity index is 0.000000586. The van der Waals surface area contributed by atoms with Crippen LogP contribution in [0.5, 0.6) is 5.75 Å².